The average Bonchev–Trinajstić information content (AvgIpc) is 3.11. The molecule has 1 saturated carbocycles. The fourth-order valence-electron chi connectivity index (χ4n) is 1.95. The topological polar surface area (TPSA) is 63.2 Å². The smallest absolute Gasteiger partial charge is 0.247 e. The Morgan fingerprint density at radius 2 is 2.25 bits per heavy atom. The molecule has 1 atom stereocenters. The molecule has 16 heavy (non-hydrogen) atoms. The Labute approximate surface area is 93.2 Å². The van der Waals surface area contributed by atoms with Crippen LogP contribution in [0.4, 0.5) is 11.5 Å². The van der Waals surface area contributed by atoms with E-state index in [0.29, 0.717) is 17.6 Å². The molecular formula is C11H13N3O2. The number of amides is 1. The summed E-state index contributed by atoms with van der Waals surface area (Å²) in [5, 5.41) is 6.04. The van der Waals surface area contributed by atoms with E-state index in [1.807, 2.05) is 0 Å². The van der Waals surface area contributed by atoms with Gasteiger partial charge in [-0.15, -0.1) is 0 Å². The van der Waals surface area contributed by atoms with Gasteiger partial charge in [0.1, 0.15) is 6.04 Å². The number of fused-ring (bicyclic) bond motifs is 1. The van der Waals surface area contributed by atoms with Crippen molar-refractivity contribution in [1.29, 1.82) is 0 Å². The van der Waals surface area contributed by atoms with E-state index in [1.54, 1.807) is 19.2 Å². The van der Waals surface area contributed by atoms with E-state index in [1.165, 1.54) is 0 Å². The van der Waals surface area contributed by atoms with Gasteiger partial charge in [0.2, 0.25) is 11.8 Å². The quantitative estimate of drug-likeness (QED) is 0.785. The second-order valence-corrected chi connectivity index (χ2v) is 4.20. The van der Waals surface area contributed by atoms with Crippen molar-refractivity contribution in [3.8, 4) is 5.88 Å². The van der Waals surface area contributed by atoms with Crippen molar-refractivity contribution in [2.24, 2.45) is 5.92 Å². The second kappa shape index (κ2) is 3.37. The molecular weight excluding hydrogens is 206 g/mol. The number of anilines is 2. The molecule has 1 amide bonds. The first kappa shape index (κ1) is 9.45. The summed E-state index contributed by atoms with van der Waals surface area (Å²) in [6, 6.07) is 3.40. The first-order valence-corrected chi connectivity index (χ1v) is 5.40. The largest absolute Gasteiger partial charge is 0.481 e. The van der Waals surface area contributed by atoms with Crippen molar-refractivity contribution >= 4 is 17.4 Å². The number of methoxy groups -OCH3 is 1. The Morgan fingerprint density at radius 1 is 1.44 bits per heavy atom. The van der Waals surface area contributed by atoms with Gasteiger partial charge in [-0.3, -0.25) is 4.79 Å². The highest BCUT2D eigenvalue weighted by molar-refractivity contribution is 6.02. The third-order valence-electron chi connectivity index (χ3n) is 3.00. The van der Waals surface area contributed by atoms with Gasteiger partial charge >= 0.3 is 0 Å². The summed E-state index contributed by atoms with van der Waals surface area (Å²) >= 11 is 0. The van der Waals surface area contributed by atoms with Crippen LogP contribution in [-0.2, 0) is 4.79 Å². The molecule has 0 bridgehead atoms. The number of carbonyl (C=O) groups excluding carboxylic acids is 1. The fraction of sp³-hybridized carbons (Fsp3) is 0.455. The summed E-state index contributed by atoms with van der Waals surface area (Å²) < 4.78 is 5.05. The summed E-state index contributed by atoms with van der Waals surface area (Å²) in [5.74, 6) is 1.76. The Bertz CT molecular complexity index is 443. The van der Waals surface area contributed by atoms with Crippen molar-refractivity contribution in [2.75, 3.05) is 17.7 Å². The van der Waals surface area contributed by atoms with E-state index in [4.69, 9.17) is 4.74 Å². The number of aromatic nitrogens is 1. The van der Waals surface area contributed by atoms with Crippen LogP contribution >= 0.6 is 0 Å². The van der Waals surface area contributed by atoms with Crippen LogP contribution < -0.4 is 15.4 Å². The zero-order valence-corrected chi connectivity index (χ0v) is 8.99. The van der Waals surface area contributed by atoms with Gasteiger partial charge in [0.15, 0.2) is 5.82 Å². The third kappa shape index (κ3) is 1.48. The Balaban J connectivity index is 1.92. The number of nitrogens with one attached hydrogen (secondary N) is 2. The second-order valence-electron chi connectivity index (χ2n) is 4.20. The van der Waals surface area contributed by atoms with Crippen molar-refractivity contribution < 1.29 is 9.53 Å². The number of carbonyl (C=O) groups is 1. The molecule has 2 heterocycles. The van der Waals surface area contributed by atoms with Gasteiger partial charge in [-0.05, 0) is 24.8 Å². The molecule has 1 aromatic rings. The van der Waals surface area contributed by atoms with E-state index < -0.39 is 0 Å². The first-order chi connectivity index (χ1) is 7.78. The Kier molecular flexibility index (Phi) is 1.99. The minimum atomic E-state index is -0.132. The summed E-state index contributed by atoms with van der Waals surface area (Å²) in [6.07, 6.45) is 2.23. The molecule has 1 aromatic heterocycles. The van der Waals surface area contributed by atoms with Gasteiger partial charge in [0, 0.05) is 6.07 Å². The highest BCUT2D eigenvalue weighted by Crippen LogP contribution is 2.38. The molecule has 84 valence electrons. The van der Waals surface area contributed by atoms with Gasteiger partial charge in [-0.2, -0.15) is 4.98 Å². The van der Waals surface area contributed by atoms with Gasteiger partial charge in [-0.1, -0.05) is 0 Å². The third-order valence-corrected chi connectivity index (χ3v) is 3.00. The number of hydrogen-bond acceptors (Lipinski definition) is 4. The maximum absolute atomic E-state index is 11.8. The van der Waals surface area contributed by atoms with Crippen LogP contribution in [0, 0.1) is 5.92 Å². The lowest BCUT2D eigenvalue weighted by atomic mass is 10.1. The molecule has 2 aliphatic rings. The van der Waals surface area contributed by atoms with Crippen LogP contribution in [0.5, 0.6) is 5.88 Å². The van der Waals surface area contributed by atoms with Crippen LogP contribution in [0.25, 0.3) is 0 Å². The lowest BCUT2D eigenvalue weighted by Gasteiger charge is -2.25. The van der Waals surface area contributed by atoms with Crippen LogP contribution in [0.1, 0.15) is 12.8 Å². The summed E-state index contributed by atoms with van der Waals surface area (Å²) in [6.45, 7) is 0. The van der Waals surface area contributed by atoms with Crippen molar-refractivity contribution in [1.82, 2.24) is 4.98 Å². The van der Waals surface area contributed by atoms with Crippen molar-refractivity contribution in [2.45, 2.75) is 18.9 Å². The Hall–Kier alpha value is -1.78. The number of hydrogen-bond donors (Lipinski definition) is 2. The fourth-order valence-corrected chi connectivity index (χ4v) is 1.95. The van der Waals surface area contributed by atoms with Gasteiger partial charge < -0.3 is 15.4 Å². The SMILES string of the molecule is COc1ccc2c(n1)NC(C1CC1)C(=O)N2. The molecule has 1 aliphatic carbocycles. The Morgan fingerprint density at radius 3 is 2.94 bits per heavy atom. The van der Waals surface area contributed by atoms with Crippen molar-refractivity contribution in [3.05, 3.63) is 12.1 Å². The molecule has 1 fully saturated rings. The minimum Gasteiger partial charge on any atom is -0.481 e. The van der Waals surface area contributed by atoms with Crippen LogP contribution in [-0.4, -0.2) is 24.0 Å². The number of pyridine rings is 1. The van der Waals surface area contributed by atoms with E-state index in [0.717, 1.165) is 18.5 Å². The minimum absolute atomic E-state index is 0.0435. The number of ether oxygens (including phenoxy) is 1. The predicted molar refractivity (Wildman–Crippen MR) is 59.6 cm³/mol. The molecule has 2 N–H and O–H groups in total. The molecule has 1 unspecified atom stereocenters. The highest BCUT2D eigenvalue weighted by atomic mass is 16.5. The lowest BCUT2D eigenvalue weighted by molar-refractivity contribution is -0.117. The van der Waals surface area contributed by atoms with Gasteiger partial charge in [-0.25, -0.2) is 0 Å². The molecule has 3 rings (SSSR count). The first-order valence-electron chi connectivity index (χ1n) is 5.40. The molecule has 0 spiro atoms. The maximum Gasteiger partial charge on any atom is 0.247 e. The van der Waals surface area contributed by atoms with E-state index in [-0.39, 0.29) is 11.9 Å². The van der Waals surface area contributed by atoms with E-state index >= 15 is 0 Å². The predicted octanol–water partition coefficient (Wildman–Crippen LogP) is 1.23. The van der Waals surface area contributed by atoms with Crippen LogP contribution in [0.3, 0.4) is 0 Å². The number of nitrogens with zero attached hydrogens (tertiary/aromatic N) is 1. The molecule has 5 heteroatoms. The average molecular weight is 219 g/mol. The van der Waals surface area contributed by atoms with E-state index in [2.05, 4.69) is 15.6 Å². The van der Waals surface area contributed by atoms with Crippen molar-refractivity contribution in [3.63, 3.8) is 0 Å². The van der Waals surface area contributed by atoms with Crippen LogP contribution in [0.2, 0.25) is 0 Å². The standard InChI is InChI=1S/C11H13N3O2/c1-16-8-5-4-7-10(13-8)14-9(6-2-3-6)11(15)12-7/h4-6,9H,2-3H2,1H3,(H,12,15)(H,13,14). The van der Waals surface area contributed by atoms with Crippen LogP contribution in [0.15, 0.2) is 12.1 Å². The molecule has 0 aromatic carbocycles. The zero-order chi connectivity index (χ0) is 11.1. The lowest BCUT2D eigenvalue weighted by Crippen LogP contribution is -2.40. The summed E-state index contributed by atoms with van der Waals surface area (Å²) in [7, 11) is 1.58. The monoisotopic (exact) mass is 219 g/mol. The van der Waals surface area contributed by atoms with Gasteiger partial charge in [0.05, 0.1) is 12.8 Å². The highest BCUT2D eigenvalue weighted by Gasteiger charge is 2.39. The molecule has 0 saturated heterocycles. The molecule has 1 aliphatic heterocycles. The normalized spacial score (nSPS) is 23.1. The zero-order valence-electron chi connectivity index (χ0n) is 8.99. The summed E-state index contributed by atoms with van der Waals surface area (Å²) in [5.41, 5.74) is 0.725. The molecule has 5 nitrogen and oxygen atoms in total. The molecule has 0 radical (unpaired) electrons. The summed E-state index contributed by atoms with van der Waals surface area (Å²) in [4.78, 5) is 16.0. The number of rotatable bonds is 2. The maximum atomic E-state index is 11.8. The van der Waals surface area contributed by atoms with Gasteiger partial charge in [0.25, 0.3) is 0 Å². The van der Waals surface area contributed by atoms with E-state index in [9.17, 15) is 4.79 Å².